The third kappa shape index (κ3) is 4.20. The third-order valence-electron chi connectivity index (χ3n) is 3.72. The first-order valence-electron chi connectivity index (χ1n) is 7.77. The molecule has 0 aliphatic rings. The van der Waals surface area contributed by atoms with Crippen LogP contribution in [0.3, 0.4) is 0 Å². The zero-order chi connectivity index (χ0) is 18.7. The van der Waals surface area contributed by atoms with Gasteiger partial charge in [-0.1, -0.05) is 17.7 Å². The Kier molecular flexibility index (Phi) is 5.54. The lowest BCUT2D eigenvalue weighted by molar-refractivity contribution is -0.118. The first-order valence-corrected chi connectivity index (χ1v) is 9.37. The maximum atomic E-state index is 12.1. The van der Waals surface area contributed by atoms with Gasteiger partial charge in [-0.2, -0.15) is 0 Å². The highest BCUT2D eigenvalue weighted by Gasteiger charge is 2.11. The van der Waals surface area contributed by atoms with Crippen LogP contribution in [0.4, 0.5) is 5.69 Å². The Morgan fingerprint density at radius 1 is 1.27 bits per heavy atom. The number of anilines is 1. The molecule has 0 spiro atoms. The summed E-state index contributed by atoms with van der Waals surface area (Å²) in [5, 5.41) is 3.83. The second-order valence-electron chi connectivity index (χ2n) is 5.60. The number of benzene rings is 2. The highest BCUT2D eigenvalue weighted by Crippen LogP contribution is 2.31. The smallest absolute Gasteiger partial charge is 0.336 e. The van der Waals surface area contributed by atoms with E-state index < -0.39 is 5.63 Å². The number of hydrogen-bond acceptors (Lipinski definition) is 5. The van der Waals surface area contributed by atoms with Crippen LogP contribution >= 0.6 is 23.4 Å². The number of aryl methyl sites for hydroxylation is 1. The van der Waals surface area contributed by atoms with Crippen molar-refractivity contribution in [3.63, 3.8) is 0 Å². The number of thioether (sulfide) groups is 1. The van der Waals surface area contributed by atoms with Gasteiger partial charge in [-0.05, 0) is 43.0 Å². The molecule has 1 aromatic heterocycles. The van der Waals surface area contributed by atoms with E-state index in [-0.39, 0.29) is 18.3 Å². The standard InChI is InChI=1S/C19H16ClNO4S/c1-11-6-19(23)25-16-9-17(15(20)8-14(11)16)24-10-18(22)21-12-4-3-5-13(7-12)26-2/h3-9H,10H2,1-2H3,(H,21,22). The fourth-order valence-electron chi connectivity index (χ4n) is 2.47. The summed E-state index contributed by atoms with van der Waals surface area (Å²) >= 11 is 7.81. The zero-order valence-corrected chi connectivity index (χ0v) is 15.7. The van der Waals surface area contributed by atoms with Crippen LogP contribution in [0.1, 0.15) is 5.56 Å². The minimum atomic E-state index is -0.449. The lowest BCUT2D eigenvalue weighted by Crippen LogP contribution is -2.20. The van der Waals surface area contributed by atoms with Gasteiger partial charge in [0, 0.05) is 28.1 Å². The molecular formula is C19H16ClNO4S. The van der Waals surface area contributed by atoms with Crippen molar-refractivity contribution in [2.45, 2.75) is 11.8 Å². The minimum Gasteiger partial charge on any atom is -0.482 e. The number of amides is 1. The maximum Gasteiger partial charge on any atom is 0.336 e. The van der Waals surface area contributed by atoms with Gasteiger partial charge >= 0.3 is 5.63 Å². The second-order valence-corrected chi connectivity index (χ2v) is 6.88. The van der Waals surface area contributed by atoms with Gasteiger partial charge in [-0.3, -0.25) is 4.79 Å². The normalized spacial score (nSPS) is 10.7. The van der Waals surface area contributed by atoms with Gasteiger partial charge in [-0.25, -0.2) is 4.79 Å². The highest BCUT2D eigenvalue weighted by molar-refractivity contribution is 7.98. The molecule has 7 heteroatoms. The summed E-state index contributed by atoms with van der Waals surface area (Å²) in [6.07, 6.45) is 1.96. The van der Waals surface area contributed by atoms with Crippen molar-refractivity contribution >= 4 is 45.9 Å². The van der Waals surface area contributed by atoms with E-state index in [1.54, 1.807) is 30.8 Å². The quantitative estimate of drug-likeness (QED) is 0.514. The number of nitrogens with one attached hydrogen (secondary N) is 1. The lowest BCUT2D eigenvalue weighted by atomic mass is 10.1. The average molecular weight is 390 g/mol. The molecule has 1 heterocycles. The van der Waals surface area contributed by atoms with Crippen molar-refractivity contribution in [3.05, 3.63) is 63.5 Å². The van der Waals surface area contributed by atoms with E-state index in [1.807, 2.05) is 24.5 Å². The van der Waals surface area contributed by atoms with E-state index in [1.165, 1.54) is 12.1 Å². The lowest BCUT2D eigenvalue weighted by Gasteiger charge is -2.10. The first kappa shape index (κ1) is 18.4. The molecule has 0 aliphatic carbocycles. The minimum absolute atomic E-state index is 0.217. The molecular weight excluding hydrogens is 374 g/mol. The summed E-state index contributed by atoms with van der Waals surface area (Å²) in [4.78, 5) is 24.7. The molecule has 3 rings (SSSR count). The number of fused-ring (bicyclic) bond motifs is 1. The maximum absolute atomic E-state index is 12.1. The van der Waals surface area contributed by atoms with E-state index in [0.717, 1.165) is 15.8 Å². The molecule has 134 valence electrons. The molecule has 1 amide bonds. The molecule has 0 fully saturated rings. The van der Waals surface area contributed by atoms with Crippen LogP contribution in [-0.2, 0) is 4.79 Å². The Bertz CT molecular complexity index is 1030. The van der Waals surface area contributed by atoms with Gasteiger partial charge in [0.05, 0.1) is 5.02 Å². The molecule has 0 radical (unpaired) electrons. The first-order chi connectivity index (χ1) is 12.5. The van der Waals surface area contributed by atoms with Crippen LogP contribution in [0.25, 0.3) is 11.0 Å². The fourth-order valence-corrected chi connectivity index (χ4v) is 3.15. The van der Waals surface area contributed by atoms with Gasteiger partial charge in [0.15, 0.2) is 6.61 Å². The third-order valence-corrected chi connectivity index (χ3v) is 4.74. The monoisotopic (exact) mass is 389 g/mol. The molecule has 3 aromatic rings. The highest BCUT2D eigenvalue weighted by atomic mass is 35.5. The summed E-state index contributed by atoms with van der Waals surface area (Å²) in [5.74, 6) is -0.0361. The zero-order valence-electron chi connectivity index (χ0n) is 14.2. The molecule has 0 saturated heterocycles. The molecule has 0 saturated carbocycles. The predicted octanol–water partition coefficient (Wildman–Crippen LogP) is 4.49. The average Bonchev–Trinajstić information content (AvgIpc) is 2.61. The van der Waals surface area contributed by atoms with Crippen molar-refractivity contribution in [1.82, 2.24) is 0 Å². The van der Waals surface area contributed by atoms with E-state index in [0.29, 0.717) is 16.3 Å². The largest absolute Gasteiger partial charge is 0.482 e. The Morgan fingerprint density at radius 3 is 2.85 bits per heavy atom. The molecule has 2 aromatic carbocycles. The second kappa shape index (κ2) is 7.85. The summed E-state index contributed by atoms with van der Waals surface area (Å²) in [7, 11) is 0. The van der Waals surface area contributed by atoms with Gasteiger partial charge < -0.3 is 14.5 Å². The Morgan fingerprint density at radius 2 is 2.08 bits per heavy atom. The Labute approximate surface area is 159 Å². The number of carbonyl (C=O) groups is 1. The summed E-state index contributed by atoms with van der Waals surface area (Å²) in [6, 6.07) is 12.1. The summed E-state index contributed by atoms with van der Waals surface area (Å²) in [5.41, 5.74) is 1.37. The van der Waals surface area contributed by atoms with Crippen LogP contribution in [0.15, 0.2) is 56.6 Å². The molecule has 1 N–H and O–H groups in total. The molecule has 26 heavy (non-hydrogen) atoms. The number of carbonyl (C=O) groups excluding carboxylic acids is 1. The van der Waals surface area contributed by atoms with Crippen molar-refractivity contribution in [2.24, 2.45) is 0 Å². The number of halogens is 1. The molecule has 0 aliphatic heterocycles. The van der Waals surface area contributed by atoms with Crippen LogP contribution < -0.4 is 15.7 Å². The van der Waals surface area contributed by atoms with Crippen LogP contribution in [-0.4, -0.2) is 18.8 Å². The van der Waals surface area contributed by atoms with Crippen LogP contribution in [0.2, 0.25) is 5.02 Å². The van der Waals surface area contributed by atoms with Gasteiger partial charge in [0.2, 0.25) is 0 Å². The van der Waals surface area contributed by atoms with E-state index in [9.17, 15) is 9.59 Å². The van der Waals surface area contributed by atoms with E-state index >= 15 is 0 Å². The van der Waals surface area contributed by atoms with Crippen LogP contribution in [0.5, 0.6) is 5.75 Å². The summed E-state index contributed by atoms with van der Waals surface area (Å²) in [6.45, 7) is 1.58. The topological polar surface area (TPSA) is 68.5 Å². The molecule has 0 unspecified atom stereocenters. The number of rotatable bonds is 5. The summed E-state index contributed by atoms with van der Waals surface area (Å²) < 4.78 is 10.7. The molecule has 0 atom stereocenters. The van der Waals surface area contributed by atoms with Crippen molar-refractivity contribution in [3.8, 4) is 5.75 Å². The van der Waals surface area contributed by atoms with Gasteiger partial charge in [0.25, 0.3) is 5.91 Å². The number of hydrogen-bond donors (Lipinski definition) is 1. The Hall–Kier alpha value is -2.44. The molecule has 0 bridgehead atoms. The van der Waals surface area contributed by atoms with Gasteiger partial charge in [0.1, 0.15) is 11.3 Å². The SMILES string of the molecule is CSc1cccc(NC(=O)COc2cc3oc(=O)cc(C)c3cc2Cl)c1. The van der Waals surface area contributed by atoms with Crippen molar-refractivity contribution < 1.29 is 13.9 Å². The van der Waals surface area contributed by atoms with Crippen LogP contribution in [0, 0.1) is 6.92 Å². The Balaban J connectivity index is 1.73. The van der Waals surface area contributed by atoms with Gasteiger partial charge in [-0.15, -0.1) is 11.8 Å². The van der Waals surface area contributed by atoms with Crippen molar-refractivity contribution in [2.75, 3.05) is 18.2 Å². The fraction of sp³-hybridized carbons (Fsp3) is 0.158. The van der Waals surface area contributed by atoms with E-state index in [2.05, 4.69) is 5.32 Å². The van der Waals surface area contributed by atoms with E-state index in [4.69, 9.17) is 20.8 Å². The van der Waals surface area contributed by atoms with Crippen molar-refractivity contribution in [1.29, 1.82) is 0 Å². The number of ether oxygens (including phenoxy) is 1. The predicted molar refractivity (Wildman–Crippen MR) is 105 cm³/mol. The molecule has 5 nitrogen and oxygen atoms in total.